The van der Waals surface area contributed by atoms with Crippen LogP contribution in [0, 0.1) is 33.5 Å². The van der Waals surface area contributed by atoms with Gasteiger partial charge in [0.15, 0.2) is 0 Å². The minimum absolute atomic E-state index is 0.136. The Balaban J connectivity index is 2.82. The Hall–Kier alpha value is -0.860. The van der Waals surface area contributed by atoms with Crippen molar-refractivity contribution in [3.8, 4) is 0 Å². The average Bonchev–Trinajstić information content (AvgIpc) is 2.58. The minimum Gasteiger partial charge on any atom is -0.460 e. The van der Waals surface area contributed by atoms with Crippen LogP contribution in [0.4, 0.5) is 0 Å². The van der Waals surface area contributed by atoms with Crippen LogP contribution in [0.3, 0.4) is 0 Å². The van der Waals surface area contributed by atoms with E-state index in [4.69, 9.17) is 4.74 Å². The summed E-state index contributed by atoms with van der Waals surface area (Å²) in [7, 11) is 0. The molecule has 0 amide bonds. The third-order valence-corrected chi connectivity index (χ3v) is 8.10. The highest BCUT2D eigenvalue weighted by Gasteiger charge is 2.45. The van der Waals surface area contributed by atoms with Crippen molar-refractivity contribution >= 4 is 11.8 Å². The van der Waals surface area contributed by atoms with Crippen LogP contribution in [0.1, 0.15) is 128 Å². The molecule has 1 rings (SSSR count). The van der Waals surface area contributed by atoms with Gasteiger partial charge in [-0.1, -0.05) is 69.2 Å². The van der Waals surface area contributed by atoms with Crippen molar-refractivity contribution in [2.75, 3.05) is 0 Å². The molecule has 1 aliphatic carbocycles. The van der Waals surface area contributed by atoms with Crippen molar-refractivity contribution in [2.24, 2.45) is 33.5 Å². The van der Waals surface area contributed by atoms with Crippen LogP contribution in [0.5, 0.6) is 0 Å². The number of ketones is 1. The van der Waals surface area contributed by atoms with Gasteiger partial charge in [-0.15, -0.1) is 0 Å². The number of hydrogen-bond acceptors (Lipinski definition) is 3. The van der Waals surface area contributed by atoms with Crippen LogP contribution < -0.4 is 0 Å². The van der Waals surface area contributed by atoms with Crippen LogP contribution in [-0.4, -0.2) is 17.4 Å². The van der Waals surface area contributed by atoms with E-state index in [0.29, 0.717) is 17.6 Å². The number of Topliss-reactive ketones (excluding diaryl/α,β-unsaturated/α-hetero) is 1. The molecule has 31 heavy (non-hydrogen) atoms. The Morgan fingerprint density at radius 2 is 1.13 bits per heavy atom. The largest absolute Gasteiger partial charge is 0.460 e. The van der Waals surface area contributed by atoms with Gasteiger partial charge in [-0.2, -0.15) is 0 Å². The van der Waals surface area contributed by atoms with Crippen LogP contribution >= 0.6 is 0 Å². The van der Waals surface area contributed by atoms with Gasteiger partial charge in [-0.05, 0) is 74.5 Å². The van der Waals surface area contributed by atoms with Crippen LogP contribution in [0.2, 0.25) is 0 Å². The molecule has 0 aliphatic heterocycles. The van der Waals surface area contributed by atoms with Gasteiger partial charge in [0, 0.05) is 17.8 Å². The second-order valence-corrected chi connectivity index (χ2v) is 13.7. The van der Waals surface area contributed by atoms with E-state index in [2.05, 4.69) is 55.4 Å². The Morgan fingerprint density at radius 3 is 1.45 bits per heavy atom. The second-order valence-electron chi connectivity index (χ2n) is 13.7. The van der Waals surface area contributed by atoms with E-state index in [-0.39, 0.29) is 33.2 Å². The summed E-state index contributed by atoms with van der Waals surface area (Å²) in [6.07, 6.45) is 7.56. The third-order valence-electron chi connectivity index (χ3n) is 8.10. The highest BCUT2D eigenvalue weighted by atomic mass is 16.6. The zero-order valence-corrected chi connectivity index (χ0v) is 22.8. The molecule has 182 valence electrons. The Kier molecular flexibility index (Phi) is 8.68. The normalized spacial score (nSPS) is 23.2. The van der Waals surface area contributed by atoms with Gasteiger partial charge in [-0.3, -0.25) is 9.59 Å². The van der Waals surface area contributed by atoms with E-state index in [1.807, 2.05) is 20.8 Å². The number of rotatable bonds is 9. The molecule has 1 atom stereocenters. The quantitative estimate of drug-likeness (QED) is 0.344. The maximum atomic E-state index is 13.0. The van der Waals surface area contributed by atoms with Crippen molar-refractivity contribution in [1.82, 2.24) is 0 Å². The molecule has 3 nitrogen and oxygen atoms in total. The maximum absolute atomic E-state index is 13.0. The van der Waals surface area contributed by atoms with Crippen molar-refractivity contribution in [3.63, 3.8) is 0 Å². The van der Waals surface area contributed by atoms with Gasteiger partial charge in [0.1, 0.15) is 11.4 Å². The summed E-state index contributed by atoms with van der Waals surface area (Å²) in [6.45, 7) is 25.5. The van der Waals surface area contributed by atoms with Gasteiger partial charge < -0.3 is 4.74 Å². The van der Waals surface area contributed by atoms with Gasteiger partial charge in [0.2, 0.25) is 0 Å². The molecule has 3 heteroatoms. The molecule has 0 radical (unpaired) electrons. The molecule has 1 saturated carbocycles. The topological polar surface area (TPSA) is 43.4 Å². The summed E-state index contributed by atoms with van der Waals surface area (Å²) in [5.41, 5.74) is -0.700. The molecule has 1 fully saturated rings. The number of carbonyl (C=O) groups is 2. The standard InChI is InChI=1S/C28H52O3/c1-13-28(12,31-20(2)29)19-26(8,9)22-16-14-21(15-17-22)25(6,7)18-27(10,11)23(30)24(3,4)5/h21-22H,13-19H2,1-12H3. The fourth-order valence-corrected chi connectivity index (χ4v) is 6.72. The molecule has 0 spiro atoms. The zero-order chi connectivity index (χ0) is 24.5. The number of hydrogen-bond donors (Lipinski definition) is 0. The summed E-state index contributed by atoms with van der Waals surface area (Å²) < 4.78 is 5.72. The van der Waals surface area contributed by atoms with Crippen LogP contribution in [0.15, 0.2) is 0 Å². The Bertz CT molecular complexity index is 627. The number of carbonyl (C=O) groups excluding carboxylic acids is 2. The summed E-state index contributed by atoms with van der Waals surface area (Å²) in [4.78, 5) is 24.6. The molecule has 0 heterocycles. The van der Waals surface area contributed by atoms with E-state index in [1.165, 1.54) is 32.6 Å². The van der Waals surface area contributed by atoms with E-state index in [1.54, 1.807) is 0 Å². The van der Waals surface area contributed by atoms with Crippen LogP contribution in [0.25, 0.3) is 0 Å². The Morgan fingerprint density at radius 1 is 0.742 bits per heavy atom. The molecular formula is C28H52O3. The van der Waals surface area contributed by atoms with Crippen LogP contribution in [-0.2, 0) is 14.3 Å². The van der Waals surface area contributed by atoms with E-state index in [0.717, 1.165) is 19.3 Å². The monoisotopic (exact) mass is 436 g/mol. The SMILES string of the molecule is CCC(C)(CC(C)(C)C1CCC(C(C)(C)CC(C)(C)C(=O)C(C)(C)C)CC1)OC(C)=O. The van der Waals surface area contributed by atoms with Gasteiger partial charge in [-0.25, -0.2) is 0 Å². The molecule has 0 aromatic heterocycles. The molecule has 0 N–H and O–H groups in total. The maximum Gasteiger partial charge on any atom is 0.303 e. The van der Waals surface area contributed by atoms with Gasteiger partial charge in [0.05, 0.1) is 0 Å². The highest BCUT2D eigenvalue weighted by Crippen LogP contribution is 2.52. The molecule has 0 bridgehead atoms. The highest BCUT2D eigenvalue weighted by molar-refractivity contribution is 5.88. The Labute approximate surface area is 193 Å². The summed E-state index contributed by atoms with van der Waals surface area (Å²) in [5, 5.41) is 0. The van der Waals surface area contributed by atoms with Crippen molar-refractivity contribution in [2.45, 2.75) is 134 Å². The number of esters is 1. The van der Waals surface area contributed by atoms with Crippen molar-refractivity contribution in [1.29, 1.82) is 0 Å². The van der Waals surface area contributed by atoms with Crippen molar-refractivity contribution in [3.05, 3.63) is 0 Å². The molecule has 0 aromatic carbocycles. The predicted octanol–water partition coefficient (Wildman–Crippen LogP) is 8.00. The van der Waals surface area contributed by atoms with E-state index < -0.39 is 0 Å². The van der Waals surface area contributed by atoms with Gasteiger partial charge in [0.25, 0.3) is 0 Å². The first-order valence-electron chi connectivity index (χ1n) is 12.5. The van der Waals surface area contributed by atoms with Gasteiger partial charge >= 0.3 is 5.97 Å². The van der Waals surface area contributed by atoms with E-state index in [9.17, 15) is 9.59 Å². The smallest absolute Gasteiger partial charge is 0.303 e. The lowest BCUT2D eigenvalue weighted by Gasteiger charge is -2.48. The fraction of sp³-hybridized carbons (Fsp3) is 0.929. The minimum atomic E-state index is -0.386. The first-order chi connectivity index (χ1) is 13.8. The molecule has 1 unspecified atom stereocenters. The lowest BCUT2D eigenvalue weighted by molar-refractivity contribution is -0.160. The predicted molar refractivity (Wildman–Crippen MR) is 131 cm³/mol. The first-order valence-corrected chi connectivity index (χ1v) is 12.5. The zero-order valence-electron chi connectivity index (χ0n) is 22.8. The molecule has 0 aromatic rings. The first kappa shape index (κ1) is 28.2. The summed E-state index contributed by atoms with van der Waals surface area (Å²) in [5.74, 6) is 1.48. The van der Waals surface area contributed by atoms with E-state index >= 15 is 0 Å². The van der Waals surface area contributed by atoms with Crippen molar-refractivity contribution < 1.29 is 14.3 Å². The lowest BCUT2D eigenvalue weighted by Crippen LogP contribution is -2.42. The molecular weight excluding hydrogens is 384 g/mol. The molecule has 0 saturated heterocycles. The average molecular weight is 437 g/mol. The fourth-order valence-electron chi connectivity index (χ4n) is 6.72. The summed E-state index contributed by atoms with van der Waals surface area (Å²) >= 11 is 0. The molecule has 1 aliphatic rings. The number of ether oxygens (including phenoxy) is 1. The third kappa shape index (κ3) is 7.60. The second kappa shape index (κ2) is 9.56. The summed E-state index contributed by atoms with van der Waals surface area (Å²) in [6, 6.07) is 0. The lowest BCUT2D eigenvalue weighted by atomic mass is 9.58.